The Balaban J connectivity index is 1.88. The van der Waals surface area contributed by atoms with Crippen LogP contribution in [0.1, 0.15) is 12.8 Å². The minimum atomic E-state index is -0.0376. The molecule has 0 spiro atoms. The van der Waals surface area contributed by atoms with Crippen LogP contribution in [0.4, 0.5) is 5.69 Å². The molecule has 19 heavy (non-hydrogen) atoms. The largest absolute Gasteiger partial charge is 0.334 e. The summed E-state index contributed by atoms with van der Waals surface area (Å²) < 4.78 is 1.97. The SMILES string of the molecule is CN(C(=O)C1CCCN1)c1ccc2c(c1)ncn2C. The van der Waals surface area contributed by atoms with Crippen LogP contribution in [-0.4, -0.2) is 35.1 Å². The Labute approximate surface area is 112 Å². The number of likely N-dealkylation sites (N-methyl/N-ethyl adjacent to an activating group) is 1. The van der Waals surface area contributed by atoms with Crippen molar-refractivity contribution in [3.63, 3.8) is 0 Å². The topological polar surface area (TPSA) is 50.2 Å². The fourth-order valence-electron chi connectivity index (χ4n) is 2.59. The van der Waals surface area contributed by atoms with E-state index in [0.717, 1.165) is 36.1 Å². The Hall–Kier alpha value is -1.88. The molecular formula is C14H18N4O. The highest BCUT2D eigenvalue weighted by Crippen LogP contribution is 2.21. The van der Waals surface area contributed by atoms with Gasteiger partial charge in [0.25, 0.3) is 0 Å². The van der Waals surface area contributed by atoms with Crippen LogP contribution in [0, 0.1) is 0 Å². The minimum Gasteiger partial charge on any atom is -0.334 e. The number of rotatable bonds is 2. The summed E-state index contributed by atoms with van der Waals surface area (Å²) in [6.45, 7) is 0.934. The monoisotopic (exact) mass is 258 g/mol. The molecule has 0 aliphatic carbocycles. The highest BCUT2D eigenvalue weighted by Gasteiger charge is 2.25. The zero-order valence-electron chi connectivity index (χ0n) is 11.3. The van der Waals surface area contributed by atoms with Crippen molar-refractivity contribution in [1.29, 1.82) is 0 Å². The van der Waals surface area contributed by atoms with E-state index in [-0.39, 0.29) is 11.9 Å². The van der Waals surface area contributed by atoms with Gasteiger partial charge in [-0.3, -0.25) is 4.79 Å². The number of fused-ring (bicyclic) bond motifs is 1. The second kappa shape index (κ2) is 4.66. The standard InChI is InChI=1S/C14H18N4O/c1-17-9-16-12-8-10(5-6-13(12)17)18(2)14(19)11-4-3-7-15-11/h5-6,8-9,11,15H,3-4,7H2,1-2H3. The first-order valence-electron chi connectivity index (χ1n) is 6.59. The van der Waals surface area contributed by atoms with Gasteiger partial charge in [0.1, 0.15) is 0 Å². The molecule has 100 valence electrons. The number of imidazole rings is 1. The molecule has 0 bridgehead atoms. The molecule has 1 aromatic heterocycles. The smallest absolute Gasteiger partial charge is 0.243 e. The summed E-state index contributed by atoms with van der Waals surface area (Å²) in [6, 6.07) is 5.90. The van der Waals surface area contributed by atoms with Gasteiger partial charge in [-0.25, -0.2) is 4.98 Å². The van der Waals surface area contributed by atoms with Gasteiger partial charge < -0.3 is 14.8 Å². The summed E-state index contributed by atoms with van der Waals surface area (Å²) in [5.41, 5.74) is 2.88. The molecule has 1 aliphatic heterocycles. The third-order valence-corrected chi connectivity index (χ3v) is 3.79. The van der Waals surface area contributed by atoms with E-state index < -0.39 is 0 Å². The van der Waals surface area contributed by atoms with E-state index in [9.17, 15) is 4.79 Å². The number of nitrogens with zero attached hydrogens (tertiary/aromatic N) is 3. The van der Waals surface area contributed by atoms with Crippen LogP contribution in [-0.2, 0) is 11.8 Å². The number of nitrogens with one attached hydrogen (secondary N) is 1. The Morgan fingerprint density at radius 3 is 3.11 bits per heavy atom. The third-order valence-electron chi connectivity index (χ3n) is 3.79. The zero-order valence-corrected chi connectivity index (χ0v) is 11.3. The minimum absolute atomic E-state index is 0.0376. The molecule has 1 unspecified atom stereocenters. The van der Waals surface area contributed by atoms with E-state index in [4.69, 9.17) is 0 Å². The molecule has 2 heterocycles. The summed E-state index contributed by atoms with van der Waals surface area (Å²) in [5.74, 6) is 0.132. The molecule has 5 nitrogen and oxygen atoms in total. The number of anilines is 1. The molecule has 1 amide bonds. The van der Waals surface area contributed by atoms with Gasteiger partial charge in [-0.15, -0.1) is 0 Å². The predicted molar refractivity (Wildman–Crippen MR) is 75.1 cm³/mol. The van der Waals surface area contributed by atoms with Crippen LogP contribution in [0.3, 0.4) is 0 Å². The number of hydrogen-bond acceptors (Lipinski definition) is 3. The molecule has 1 aliphatic rings. The van der Waals surface area contributed by atoms with Gasteiger partial charge in [-0.2, -0.15) is 0 Å². The van der Waals surface area contributed by atoms with Gasteiger partial charge in [-0.1, -0.05) is 0 Å². The summed E-state index contributed by atoms with van der Waals surface area (Å²) in [5, 5.41) is 3.24. The molecule has 5 heteroatoms. The van der Waals surface area contributed by atoms with E-state index in [2.05, 4.69) is 10.3 Å². The van der Waals surface area contributed by atoms with Crippen molar-refractivity contribution in [3.05, 3.63) is 24.5 Å². The van der Waals surface area contributed by atoms with Gasteiger partial charge in [0.05, 0.1) is 23.4 Å². The van der Waals surface area contributed by atoms with Crippen LogP contribution < -0.4 is 10.2 Å². The average Bonchev–Trinajstić information content (AvgIpc) is 3.07. The number of carbonyl (C=O) groups excluding carboxylic acids is 1. The maximum Gasteiger partial charge on any atom is 0.243 e. The van der Waals surface area contributed by atoms with Gasteiger partial charge in [0.2, 0.25) is 5.91 Å². The Kier molecular flexibility index (Phi) is 2.98. The van der Waals surface area contributed by atoms with E-state index in [1.54, 1.807) is 11.2 Å². The van der Waals surface area contributed by atoms with Crippen LogP contribution in [0.25, 0.3) is 11.0 Å². The molecule has 3 rings (SSSR count). The lowest BCUT2D eigenvalue weighted by molar-refractivity contribution is -0.119. The number of aromatic nitrogens is 2. The van der Waals surface area contributed by atoms with Crippen LogP contribution in [0.15, 0.2) is 24.5 Å². The van der Waals surface area contributed by atoms with Crippen molar-refractivity contribution in [2.75, 3.05) is 18.5 Å². The highest BCUT2D eigenvalue weighted by atomic mass is 16.2. The maximum absolute atomic E-state index is 12.3. The van der Waals surface area contributed by atoms with Crippen molar-refractivity contribution in [3.8, 4) is 0 Å². The molecular weight excluding hydrogens is 240 g/mol. The lowest BCUT2D eigenvalue weighted by Gasteiger charge is -2.21. The van der Waals surface area contributed by atoms with Crippen molar-refractivity contribution in [2.45, 2.75) is 18.9 Å². The second-order valence-electron chi connectivity index (χ2n) is 5.07. The Morgan fingerprint density at radius 2 is 2.37 bits per heavy atom. The lowest BCUT2D eigenvalue weighted by atomic mass is 10.2. The number of hydrogen-bond donors (Lipinski definition) is 1. The van der Waals surface area contributed by atoms with Crippen molar-refractivity contribution in [2.24, 2.45) is 7.05 Å². The number of carbonyl (C=O) groups is 1. The first kappa shape index (κ1) is 12.2. The lowest BCUT2D eigenvalue weighted by Crippen LogP contribution is -2.41. The summed E-state index contributed by atoms with van der Waals surface area (Å²) in [7, 11) is 3.79. The summed E-state index contributed by atoms with van der Waals surface area (Å²) in [6.07, 6.45) is 3.79. The molecule has 0 radical (unpaired) electrons. The first-order valence-corrected chi connectivity index (χ1v) is 6.59. The molecule has 1 N–H and O–H groups in total. The molecule has 1 aromatic carbocycles. The van der Waals surface area contributed by atoms with Gasteiger partial charge >= 0.3 is 0 Å². The highest BCUT2D eigenvalue weighted by molar-refractivity contribution is 5.98. The predicted octanol–water partition coefficient (Wildman–Crippen LogP) is 1.29. The van der Waals surface area contributed by atoms with Gasteiger partial charge in [0.15, 0.2) is 0 Å². The third kappa shape index (κ3) is 2.10. The molecule has 1 fully saturated rings. The fourth-order valence-corrected chi connectivity index (χ4v) is 2.59. The molecule has 1 atom stereocenters. The maximum atomic E-state index is 12.3. The van der Waals surface area contributed by atoms with E-state index in [1.807, 2.05) is 36.9 Å². The van der Waals surface area contributed by atoms with E-state index >= 15 is 0 Å². The fraction of sp³-hybridized carbons (Fsp3) is 0.429. The summed E-state index contributed by atoms with van der Waals surface area (Å²) in [4.78, 5) is 18.4. The van der Waals surface area contributed by atoms with E-state index in [1.165, 1.54) is 0 Å². The molecule has 1 saturated heterocycles. The van der Waals surface area contributed by atoms with Crippen LogP contribution >= 0.6 is 0 Å². The van der Waals surface area contributed by atoms with Crippen LogP contribution in [0.2, 0.25) is 0 Å². The van der Waals surface area contributed by atoms with Gasteiger partial charge in [0, 0.05) is 19.8 Å². The first-order chi connectivity index (χ1) is 9.16. The van der Waals surface area contributed by atoms with Crippen molar-refractivity contribution >= 4 is 22.6 Å². The molecule has 0 saturated carbocycles. The van der Waals surface area contributed by atoms with E-state index in [0.29, 0.717) is 0 Å². The number of amides is 1. The Morgan fingerprint density at radius 1 is 1.53 bits per heavy atom. The van der Waals surface area contributed by atoms with Crippen molar-refractivity contribution < 1.29 is 4.79 Å². The summed E-state index contributed by atoms with van der Waals surface area (Å²) >= 11 is 0. The quantitative estimate of drug-likeness (QED) is 0.883. The number of aryl methyl sites for hydroxylation is 1. The molecule has 2 aromatic rings. The number of benzene rings is 1. The van der Waals surface area contributed by atoms with Crippen molar-refractivity contribution in [1.82, 2.24) is 14.9 Å². The zero-order chi connectivity index (χ0) is 13.4. The van der Waals surface area contributed by atoms with Crippen LogP contribution in [0.5, 0.6) is 0 Å². The normalized spacial score (nSPS) is 18.9. The van der Waals surface area contributed by atoms with Gasteiger partial charge in [-0.05, 0) is 37.6 Å². The second-order valence-corrected chi connectivity index (χ2v) is 5.07. The average molecular weight is 258 g/mol. The Bertz CT molecular complexity index is 613.